The molecular weight excluding hydrogens is 418 g/mol. The van der Waals surface area contributed by atoms with E-state index in [4.69, 9.17) is 9.88 Å². The number of carbonyl (C=O) groups excluding carboxylic acids is 1. The molecule has 2 amide bonds. The van der Waals surface area contributed by atoms with Crippen LogP contribution in [-0.2, 0) is 35.7 Å². The maximum atomic E-state index is 13.2. The summed E-state index contributed by atoms with van der Waals surface area (Å²) in [5, 5.41) is 22.9. The molecule has 10 heteroatoms. The van der Waals surface area contributed by atoms with Crippen LogP contribution in [0.3, 0.4) is 0 Å². The first-order valence-electron chi connectivity index (χ1n) is 10.6. The van der Waals surface area contributed by atoms with Gasteiger partial charge in [-0.3, -0.25) is 0 Å². The van der Waals surface area contributed by atoms with E-state index in [9.17, 15) is 14.1 Å². The molecular formula is C21H27N5O4S. The third-order valence-corrected chi connectivity index (χ3v) is 7.69. The van der Waals surface area contributed by atoms with Crippen molar-refractivity contribution < 1.29 is 18.8 Å². The van der Waals surface area contributed by atoms with Gasteiger partial charge in [-0.15, -0.1) is 4.36 Å². The summed E-state index contributed by atoms with van der Waals surface area (Å²) in [6.45, 7) is 4.30. The monoisotopic (exact) mass is 445 g/mol. The number of nitrogens with one attached hydrogen (secondary N) is 1. The fourth-order valence-corrected chi connectivity index (χ4v) is 6.01. The first-order chi connectivity index (χ1) is 14.7. The smallest absolute Gasteiger partial charge is 0.354 e. The van der Waals surface area contributed by atoms with Gasteiger partial charge in [0, 0.05) is 11.6 Å². The van der Waals surface area contributed by atoms with Crippen LogP contribution in [0.5, 0.6) is 5.88 Å². The molecule has 0 bridgehead atoms. The summed E-state index contributed by atoms with van der Waals surface area (Å²) < 4.78 is 24.4. The third kappa shape index (κ3) is 3.42. The second-order valence-electron chi connectivity index (χ2n) is 9.16. The van der Waals surface area contributed by atoms with Crippen LogP contribution in [0.2, 0.25) is 0 Å². The summed E-state index contributed by atoms with van der Waals surface area (Å²) in [7, 11) is -3.55. The van der Waals surface area contributed by atoms with Gasteiger partial charge in [-0.25, -0.2) is 18.8 Å². The Bertz CT molecular complexity index is 1210. The highest BCUT2D eigenvalue weighted by Crippen LogP contribution is 2.44. The maximum Gasteiger partial charge on any atom is 0.354 e. The van der Waals surface area contributed by atoms with Gasteiger partial charge in [0.25, 0.3) is 0 Å². The van der Waals surface area contributed by atoms with Crippen molar-refractivity contribution in [3.8, 4) is 5.88 Å². The SMILES string of the molecule is CC1(C)Cn2ncc(S(N)(=O)=NC(=O)Nc3c4c(cc5c3[C@H](CO)CC5)CCC4)c2O1. The summed E-state index contributed by atoms with van der Waals surface area (Å²) in [6, 6.07) is 1.44. The highest BCUT2D eigenvalue weighted by Gasteiger charge is 2.36. The number of fused-ring (bicyclic) bond motifs is 3. The van der Waals surface area contributed by atoms with Crippen LogP contribution in [0.15, 0.2) is 21.5 Å². The molecule has 0 radical (unpaired) electrons. The van der Waals surface area contributed by atoms with E-state index < -0.39 is 21.5 Å². The Morgan fingerprint density at radius 1 is 1.42 bits per heavy atom. The number of hydrogen-bond acceptors (Lipinski definition) is 5. The Hall–Kier alpha value is -2.43. The fraction of sp³-hybridized carbons (Fsp3) is 0.524. The van der Waals surface area contributed by atoms with Gasteiger partial charge in [0.15, 0.2) is 9.92 Å². The number of aliphatic hydroxyl groups is 1. The van der Waals surface area contributed by atoms with Crippen molar-refractivity contribution >= 4 is 21.6 Å². The van der Waals surface area contributed by atoms with Crippen LogP contribution in [0, 0.1) is 0 Å². The molecule has 0 saturated carbocycles. The van der Waals surface area contributed by atoms with Crippen molar-refractivity contribution in [1.29, 1.82) is 0 Å². The average molecular weight is 446 g/mol. The number of urea groups is 1. The summed E-state index contributed by atoms with van der Waals surface area (Å²) >= 11 is 0. The largest absolute Gasteiger partial charge is 0.469 e. The fourth-order valence-electron chi connectivity index (χ4n) is 5.03. The first kappa shape index (κ1) is 20.5. The van der Waals surface area contributed by atoms with Gasteiger partial charge in [-0.1, -0.05) is 6.07 Å². The lowest BCUT2D eigenvalue weighted by Gasteiger charge is -2.18. The van der Waals surface area contributed by atoms with Crippen LogP contribution < -0.4 is 15.2 Å². The molecule has 9 nitrogen and oxygen atoms in total. The molecule has 0 saturated heterocycles. The molecule has 1 aromatic carbocycles. The topological polar surface area (TPSA) is 132 Å². The van der Waals surface area contributed by atoms with Crippen molar-refractivity contribution in [2.75, 3.05) is 11.9 Å². The van der Waals surface area contributed by atoms with Crippen molar-refractivity contribution in [2.45, 2.75) is 68.9 Å². The molecule has 2 aliphatic carbocycles. The van der Waals surface area contributed by atoms with E-state index in [-0.39, 0.29) is 23.3 Å². The Balaban J connectivity index is 1.50. The minimum atomic E-state index is -3.55. The van der Waals surface area contributed by atoms with Crippen molar-refractivity contribution in [2.24, 2.45) is 9.50 Å². The number of ether oxygens (including phenoxy) is 1. The Morgan fingerprint density at radius 2 is 2.23 bits per heavy atom. The lowest BCUT2D eigenvalue weighted by atomic mass is 9.94. The summed E-state index contributed by atoms with van der Waals surface area (Å²) in [5.41, 5.74) is 4.66. The molecule has 2 aromatic rings. The minimum absolute atomic E-state index is 0.0204. The number of benzene rings is 1. The van der Waals surface area contributed by atoms with E-state index in [0.29, 0.717) is 12.2 Å². The van der Waals surface area contributed by atoms with Gasteiger partial charge in [0.1, 0.15) is 10.5 Å². The number of aliphatic hydroxyl groups excluding tert-OH is 1. The van der Waals surface area contributed by atoms with E-state index >= 15 is 0 Å². The summed E-state index contributed by atoms with van der Waals surface area (Å²) in [5.74, 6) is 0.267. The summed E-state index contributed by atoms with van der Waals surface area (Å²) in [4.78, 5) is 13.0. The van der Waals surface area contributed by atoms with Gasteiger partial charge < -0.3 is 15.2 Å². The average Bonchev–Trinajstić information content (AvgIpc) is 3.42. The maximum absolute atomic E-state index is 13.2. The highest BCUT2D eigenvalue weighted by molar-refractivity contribution is 7.91. The van der Waals surface area contributed by atoms with Crippen LogP contribution in [0.1, 0.15) is 54.9 Å². The Morgan fingerprint density at radius 3 is 3.00 bits per heavy atom. The van der Waals surface area contributed by atoms with Crippen molar-refractivity contribution in [3.05, 3.63) is 34.5 Å². The predicted molar refractivity (Wildman–Crippen MR) is 116 cm³/mol. The second kappa shape index (κ2) is 7.04. The molecule has 0 spiro atoms. The standard InChI is InChI=1S/C21H27N5O4S/c1-21(2)11-26-19(30-21)16(9-23-26)31(22,29)25-20(28)24-18-15-5-3-4-12(15)8-13-6-7-14(10-27)17(13)18/h8-9,14,27H,3-7,10-11H2,1-2H3,(H3,22,24,25,28,29)/t14-,31?/m0/s1. The lowest BCUT2D eigenvalue weighted by molar-refractivity contribution is 0.132. The van der Waals surface area contributed by atoms with E-state index in [1.54, 1.807) is 4.68 Å². The number of anilines is 1. The van der Waals surface area contributed by atoms with E-state index in [0.717, 1.165) is 48.8 Å². The van der Waals surface area contributed by atoms with Crippen LogP contribution in [-0.4, -0.2) is 37.3 Å². The molecule has 166 valence electrons. The van der Waals surface area contributed by atoms with Gasteiger partial charge in [-0.05, 0) is 68.2 Å². The molecule has 4 N–H and O–H groups in total. The minimum Gasteiger partial charge on any atom is -0.469 e. The zero-order chi connectivity index (χ0) is 22.0. The highest BCUT2D eigenvalue weighted by atomic mass is 32.2. The zero-order valence-electron chi connectivity index (χ0n) is 17.7. The van der Waals surface area contributed by atoms with Gasteiger partial charge in [-0.2, -0.15) is 5.10 Å². The lowest BCUT2D eigenvalue weighted by Crippen LogP contribution is -2.27. The number of carbonyl (C=O) groups is 1. The molecule has 31 heavy (non-hydrogen) atoms. The molecule has 0 fully saturated rings. The number of rotatable bonds is 3. The first-order valence-corrected chi connectivity index (χ1v) is 12.2. The number of hydrogen-bond donors (Lipinski definition) is 3. The van der Waals surface area contributed by atoms with Crippen LogP contribution in [0.25, 0.3) is 0 Å². The molecule has 2 atom stereocenters. The van der Waals surface area contributed by atoms with Gasteiger partial charge in [0.05, 0.1) is 19.3 Å². The van der Waals surface area contributed by atoms with Crippen molar-refractivity contribution in [3.63, 3.8) is 0 Å². The molecule has 1 unspecified atom stereocenters. The molecule has 1 aromatic heterocycles. The number of aryl methyl sites for hydroxylation is 2. The molecule has 3 aliphatic rings. The van der Waals surface area contributed by atoms with Crippen LogP contribution in [0.4, 0.5) is 10.5 Å². The number of amides is 2. The molecule has 5 rings (SSSR count). The number of nitrogens with zero attached hydrogens (tertiary/aromatic N) is 3. The Labute approximate surface area is 181 Å². The normalized spacial score (nSPS) is 22.3. The van der Waals surface area contributed by atoms with Crippen LogP contribution >= 0.6 is 0 Å². The Kier molecular flexibility index (Phi) is 4.65. The van der Waals surface area contributed by atoms with Crippen molar-refractivity contribution in [1.82, 2.24) is 9.78 Å². The molecule has 2 heterocycles. The van der Waals surface area contributed by atoms with E-state index in [2.05, 4.69) is 20.8 Å². The van der Waals surface area contributed by atoms with E-state index in [1.165, 1.54) is 11.8 Å². The number of aromatic nitrogens is 2. The van der Waals surface area contributed by atoms with Gasteiger partial charge in [0.2, 0.25) is 5.88 Å². The quantitative estimate of drug-likeness (QED) is 0.668. The summed E-state index contributed by atoms with van der Waals surface area (Å²) in [6.07, 6.45) is 5.91. The zero-order valence-corrected chi connectivity index (χ0v) is 18.5. The third-order valence-electron chi connectivity index (χ3n) is 6.35. The van der Waals surface area contributed by atoms with Gasteiger partial charge >= 0.3 is 6.03 Å². The predicted octanol–water partition coefficient (Wildman–Crippen LogP) is 2.50. The number of nitrogens with two attached hydrogens (primary N) is 1. The second-order valence-corrected chi connectivity index (χ2v) is 10.9. The molecule has 1 aliphatic heterocycles. The van der Waals surface area contributed by atoms with E-state index in [1.807, 2.05) is 13.8 Å².